The summed E-state index contributed by atoms with van der Waals surface area (Å²) in [6.07, 6.45) is 5.52. The highest BCUT2D eigenvalue weighted by molar-refractivity contribution is 5.77. The molecule has 9 heavy (non-hydrogen) atoms. The van der Waals surface area contributed by atoms with Gasteiger partial charge in [-0.25, -0.2) is 0 Å². The van der Waals surface area contributed by atoms with Crippen LogP contribution in [0.1, 0.15) is 19.8 Å². The lowest BCUT2D eigenvalue weighted by Crippen LogP contribution is -2.22. The van der Waals surface area contributed by atoms with Crippen molar-refractivity contribution in [1.29, 1.82) is 0 Å². The minimum absolute atomic E-state index is 0.226. The van der Waals surface area contributed by atoms with Crippen LogP contribution in [0, 0.1) is 0 Å². The highest BCUT2D eigenvalue weighted by Crippen LogP contribution is 2.04. The van der Waals surface area contributed by atoms with Crippen LogP contribution in [-0.2, 0) is 4.79 Å². The molecule has 0 aromatic heterocycles. The molecule has 1 aliphatic rings. The van der Waals surface area contributed by atoms with E-state index in [9.17, 15) is 4.79 Å². The van der Waals surface area contributed by atoms with E-state index in [2.05, 4.69) is 0 Å². The van der Waals surface area contributed by atoms with Crippen LogP contribution in [0.4, 0.5) is 0 Å². The van der Waals surface area contributed by atoms with Gasteiger partial charge in [0.25, 0.3) is 0 Å². The molecule has 1 amide bonds. The van der Waals surface area contributed by atoms with Crippen LogP contribution < -0.4 is 0 Å². The lowest BCUT2D eigenvalue weighted by Gasteiger charge is -2.10. The van der Waals surface area contributed by atoms with Crippen LogP contribution >= 0.6 is 0 Å². The Labute approximate surface area is 55.2 Å². The molecule has 0 saturated carbocycles. The molecule has 0 unspecified atom stereocenters. The lowest BCUT2D eigenvalue weighted by molar-refractivity contribution is -0.127. The first-order chi connectivity index (χ1) is 4.34. The van der Waals surface area contributed by atoms with Crippen LogP contribution in [0.3, 0.4) is 0 Å². The molecule has 0 N–H and O–H groups in total. The van der Waals surface area contributed by atoms with Gasteiger partial charge >= 0.3 is 0 Å². The van der Waals surface area contributed by atoms with Gasteiger partial charge in [0.1, 0.15) is 0 Å². The van der Waals surface area contributed by atoms with Crippen molar-refractivity contribution in [3.05, 3.63) is 12.3 Å². The summed E-state index contributed by atoms with van der Waals surface area (Å²) < 4.78 is 0. The molecule has 1 rings (SSSR count). The van der Waals surface area contributed by atoms with Gasteiger partial charge in [0.15, 0.2) is 0 Å². The average Bonchev–Trinajstić information content (AvgIpc) is 2.37. The van der Waals surface area contributed by atoms with Crippen LogP contribution in [0.5, 0.6) is 0 Å². The minimum Gasteiger partial charge on any atom is -0.319 e. The first kappa shape index (κ1) is 6.33. The van der Waals surface area contributed by atoms with E-state index in [-0.39, 0.29) is 5.91 Å². The van der Waals surface area contributed by atoms with E-state index in [0.717, 1.165) is 13.0 Å². The quantitative estimate of drug-likeness (QED) is 0.514. The SMILES string of the molecule is CCC(=O)N1C=CCC1. The summed E-state index contributed by atoms with van der Waals surface area (Å²) >= 11 is 0. The van der Waals surface area contributed by atoms with E-state index in [4.69, 9.17) is 0 Å². The maximum absolute atomic E-state index is 10.9. The number of carbonyl (C=O) groups is 1. The fourth-order valence-electron chi connectivity index (χ4n) is 0.901. The predicted molar refractivity (Wildman–Crippen MR) is 35.8 cm³/mol. The molecule has 0 radical (unpaired) electrons. The van der Waals surface area contributed by atoms with E-state index in [1.165, 1.54) is 0 Å². The van der Waals surface area contributed by atoms with Crippen molar-refractivity contribution in [3.8, 4) is 0 Å². The molecular formula is C7H11NO. The summed E-state index contributed by atoms with van der Waals surface area (Å²) in [6.45, 7) is 2.77. The first-order valence-corrected chi connectivity index (χ1v) is 3.30. The van der Waals surface area contributed by atoms with Crippen molar-refractivity contribution >= 4 is 5.91 Å². The van der Waals surface area contributed by atoms with Crippen molar-refractivity contribution in [2.24, 2.45) is 0 Å². The average molecular weight is 125 g/mol. The Morgan fingerprint density at radius 1 is 1.78 bits per heavy atom. The molecular weight excluding hydrogens is 114 g/mol. The van der Waals surface area contributed by atoms with Gasteiger partial charge < -0.3 is 4.90 Å². The van der Waals surface area contributed by atoms with Gasteiger partial charge in [-0.15, -0.1) is 0 Å². The summed E-state index contributed by atoms with van der Waals surface area (Å²) in [6, 6.07) is 0. The van der Waals surface area contributed by atoms with E-state index < -0.39 is 0 Å². The van der Waals surface area contributed by atoms with Gasteiger partial charge in [-0.1, -0.05) is 13.0 Å². The Balaban J connectivity index is 2.43. The zero-order valence-corrected chi connectivity index (χ0v) is 5.63. The Morgan fingerprint density at radius 2 is 2.56 bits per heavy atom. The van der Waals surface area contributed by atoms with Gasteiger partial charge in [0.2, 0.25) is 5.91 Å². The molecule has 0 atom stereocenters. The standard InChI is InChI=1S/C7H11NO/c1-2-7(9)8-5-3-4-6-8/h3,5H,2,4,6H2,1H3. The molecule has 0 aromatic rings. The molecule has 0 aliphatic carbocycles. The molecule has 2 nitrogen and oxygen atoms in total. The molecule has 0 fully saturated rings. The highest BCUT2D eigenvalue weighted by atomic mass is 16.2. The highest BCUT2D eigenvalue weighted by Gasteiger charge is 2.09. The lowest BCUT2D eigenvalue weighted by atomic mass is 10.4. The van der Waals surface area contributed by atoms with E-state index >= 15 is 0 Å². The summed E-state index contributed by atoms with van der Waals surface area (Å²) in [5, 5.41) is 0. The first-order valence-electron chi connectivity index (χ1n) is 3.30. The van der Waals surface area contributed by atoms with Crippen molar-refractivity contribution in [2.75, 3.05) is 6.54 Å². The molecule has 0 spiro atoms. The molecule has 2 heteroatoms. The van der Waals surface area contributed by atoms with Crippen molar-refractivity contribution in [3.63, 3.8) is 0 Å². The molecule has 0 aromatic carbocycles. The number of hydrogen-bond acceptors (Lipinski definition) is 1. The minimum atomic E-state index is 0.226. The normalized spacial score (nSPS) is 16.8. The van der Waals surface area contributed by atoms with Crippen LogP contribution in [0.25, 0.3) is 0 Å². The molecule has 0 bridgehead atoms. The number of carbonyl (C=O) groups excluding carboxylic acids is 1. The van der Waals surface area contributed by atoms with Gasteiger partial charge in [-0.2, -0.15) is 0 Å². The number of amides is 1. The molecule has 50 valence electrons. The Bertz CT molecular complexity index is 140. The fraction of sp³-hybridized carbons (Fsp3) is 0.571. The summed E-state index contributed by atoms with van der Waals surface area (Å²) in [5.74, 6) is 0.226. The predicted octanol–water partition coefficient (Wildman–Crippen LogP) is 1.14. The van der Waals surface area contributed by atoms with Crippen molar-refractivity contribution < 1.29 is 4.79 Å². The van der Waals surface area contributed by atoms with Crippen LogP contribution in [0.15, 0.2) is 12.3 Å². The third-order valence-electron chi connectivity index (χ3n) is 1.44. The number of nitrogens with zero attached hydrogens (tertiary/aromatic N) is 1. The Kier molecular flexibility index (Phi) is 1.88. The second-order valence-electron chi connectivity index (χ2n) is 2.11. The second-order valence-corrected chi connectivity index (χ2v) is 2.11. The smallest absolute Gasteiger partial charge is 0.226 e. The fourth-order valence-corrected chi connectivity index (χ4v) is 0.901. The van der Waals surface area contributed by atoms with Crippen molar-refractivity contribution in [2.45, 2.75) is 19.8 Å². The van der Waals surface area contributed by atoms with Crippen LogP contribution in [-0.4, -0.2) is 17.4 Å². The topological polar surface area (TPSA) is 20.3 Å². The van der Waals surface area contributed by atoms with E-state index in [1.54, 1.807) is 4.90 Å². The third-order valence-corrected chi connectivity index (χ3v) is 1.44. The largest absolute Gasteiger partial charge is 0.319 e. The number of rotatable bonds is 1. The van der Waals surface area contributed by atoms with Gasteiger partial charge in [0.05, 0.1) is 0 Å². The summed E-state index contributed by atoms with van der Waals surface area (Å²) in [4.78, 5) is 12.7. The Morgan fingerprint density at radius 3 is 3.00 bits per heavy atom. The second kappa shape index (κ2) is 2.67. The maximum atomic E-state index is 10.9. The summed E-state index contributed by atoms with van der Waals surface area (Å²) in [7, 11) is 0. The zero-order chi connectivity index (χ0) is 6.69. The van der Waals surface area contributed by atoms with Crippen LogP contribution in [0.2, 0.25) is 0 Å². The number of hydrogen-bond donors (Lipinski definition) is 0. The third kappa shape index (κ3) is 1.31. The van der Waals surface area contributed by atoms with Gasteiger partial charge in [-0.05, 0) is 6.42 Å². The molecule has 1 aliphatic heterocycles. The van der Waals surface area contributed by atoms with Crippen molar-refractivity contribution in [1.82, 2.24) is 4.90 Å². The van der Waals surface area contributed by atoms with Gasteiger partial charge in [-0.3, -0.25) is 4.79 Å². The maximum Gasteiger partial charge on any atom is 0.226 e. The Hall–Kier alpha value is -0.790. The van der Waals surface area contributed by atoms with Gasteiger partial charge in [0, 0.05) is 19.2 Å². The monoisotopic (exact) mass is 125 g/mol. The van der Waals surface area contributed by atoms with E-state index in [0.29, 0.717) is 6.42 Å². The molecule has 1 heterocycles. The zero-order valence-electron chi connectivity index (χ0n) is 5.63. The van der Waals surface area contributed by atoms with E-state index in [1.807, 2.05) is 19.2 Å². The molecule has 0 saturated heterocycles. The summed E-state index contributed by atoms with van der Waals surface area (Å²) in [5.41, 5.74) is 0.